The van der Waals surface area contributed by atoms with Gasteiger partial charge in [0, 0.05) is 34.1 Å². The first kappa shape index (κ1) is 22.3. The number of hydrogen-bond donors (Lipinski definition) is 5. The molecule has 6 N–H and O–H groups in total. The topological polar surface area (TPSA) is 120 Å². The maximum atomic E-state index is 13.3. The summed E-state index contributed by atoms with van der Waals surface area (Å²) in [5, 5.41) is 25.7. The molecular formula is C22H22ClFN4O3. The number of carbonyl (C=O) groups excluding carboxylic acids is 1. The van der Waals surface area contributed by atoms with Gasteiger partial charge in [0.05, 0.1) is 17.4 Å². The van der Waals surface area contributed by atoms with Crippen LogP contribution in [0, 0.1) is 0 Å². The standard InChI is InChI=1S/C22H22ClFN4O3/c1-12(29)11-26-22(31)16-4-6-19(28-21(16)25)17-9-15(3-7-20(17)30)27-18-5-2-14(23)8-13(18)10-24/h2-9,12,27,29-30H,10-11H2,1H3,(H2,25,28)(H,26,31). The largest absolute Gasteiger partial charge is 0.507 e. The van der Waals surface area contributed by atoms with E-state index in [9.17, 15) is 19.4 Å². The molecule has 0 radical (unpaired) electrons. The summed E-state index contributed by atoms with van der Waals surface area (Å²) in [7, 11) is 0. The lowest BCUT2D eigenvalue weighted by molar-refractivity contribution is 0.0924. The van der Waals surface area contributed by atoms with Crippen LogP contribution in [0.3, 0.4) is 0 Å². The number of anilines is 3. The number of hydrogen-bond acceptors (Lipinski definition) is 6. The van der Waals surface area contributed by atoms with Gasteiger partial charge in [-0.25, -0.2) is 9.37 Å². The first-order valence-corrected chi connectivity index (χ1v) is 9.84. The van der Waals surface area contributed by atoms with Crippen LogP contribution >= 0.6 is 11.6 Å². The number of aliphatic hydroxyl groups is 1. The van der Waals surface area contributed by atoms with E-state index >= 15 is 0 Å². The van der Waals surface area contributed by atoms with Gasteiger partial charge in [-0.15, -0.1) is 0 Å². The molecule has 0 bridgehead atoms. The number of pyridine rings is 1. The molecule has 0 aliphatic rings. The number of nitrogens with zero attached hydrogens (tertiary/aromatic N) is 1. The minimum absolute atomic E-state index is 0.0178. The lowest BCUT2D eigenvalue weighted by Gasteiger charge is -2.14. The number of carbonyl (C=O) groups is 1. The van der Waals surface area contributed by atoms with E-state index in [1.54, 1.807) is 37.3 Å². The van der Waals surface area contributed by atoms with Crippen molar-refractivity contribution in [1.29, 1.82) is 0 Å². The third-order valence-electron chi connectivity index (χ3n) is 4.49. The van der Waals surface area contributed by atoms with Gasteiger partial charge in [-0.1, -0.05) is 11.6 Å². The summed E-state index contributed by atoms with van der Waals surface area (Å²) < 4.78 is 13.3. The van der Waals surface area contributed by atoms with Crippen molar-refractivity contribution in [2.45, 2.75) is 19.7 Å². The summed E-state index contributed by atoms with van der Waals surface area (Å²) in [5.74, 6) is -0.514. The Bertz CT molecular complexity index is 1110. The number of nitrogen functional groups attached to an aromatic ring is 1. The van der Waals surface area contributed by atoms with Gasteiger partial charge >= 0.3 is 0 Å². The van der Waals surface area contributed by atoms with Crippen LogP contribution in [0.15, 0.2) is 48.5 Å². The molecule has 0 aliphatic heterocycles. The Labute approximate surface area is 183 Å². The van der Waals surface area contributed by atoms with E-state index in [0.717, 1.165) is 0 Å². The van der Waals surface area contributed by atoms with Crippen molar-refractivity contribution in [3.63, 3.8) is 0 Å². The van der Waals surface area contributed by atoms with E-state index in [1.165, 1.54) is 18.2 Å². The number of alkyl halides is 1. The average Bonchev–Trinajstić information content (AvgIpc) is 2.74. The zero-order valence-electron chi connectivity index (χ0n) is 16.7. The molecule has 1 atom stereocenters. The van der Waals surface area contributed by atoms with Crippen LogP contribution in [0.4, 0.5) is 21.6 Å². The molecule has 3 aromatic rings. The molecule has 3 rings (SSSR count). The highest BCUT2D eigenvalue weighted by Crippen LogP contribution is 2.33. The number of nitrogens with two attached hydrogens (primary N) is 1. The Balaban J connectivity index is 1.88. The summed E-state index contributed by atoms with van der Waals surface area (Å²) >= 11 is 5.92. The molecule has 0 saturated carbocycles. The second kappa shape index (κ2) is 9.63. The minimum atomic E-state index is -0.692. The van der Waals surface area contributed by atoms with Gasteiger partial charge in [0.25, 0.3) is 5.91 Å². The first-order chi connectivity index (χ1) is 14.8. The van der Waals surface area contributed by atoms with E-state index in [0.29, 0.717) is 33.2 Å². The van der Waals surface area contributed by atoms with Crippen molar-refractivity contribution in [2.75, 3.05) is 17.6 Å². The molecule has 0 saturated heterocycles. The Kier molecular flexibility index (Phi) is 6.94. The van der Waals surface area contributed by atoms with Crippen LogP contribution in [0.25, 0.3) is 11.3 Å². The number of nitrogens with one attached hydrogen (secondary N) is 2. The number of benzene rings is 2. The summed E-state index contributed by atoms with van der Waals surface area (Å²) in [5.41, 5.74) is 8.37. The summed E-state index contributed by atoms with van der Waals surface area (Å²) in [6.07, 6.45) is -0.692. The predicted octanol–water partition coefficient (Wildman–Crippen LogP) is 4.01. The van der Waals surface area contributed by atoms with Crippen molar-refractivity contribution in [3.05, 3.63) is 64.7 Å². The highest BCUT2D eigenvalue weighted by molar-refractivity contribution is 6.30. The summed E-state index contributed by atoms with van der Waals surface area (Å²) in [6.45, 7) is 0.944. The fraction of sp³-hybridized carbons (Fsp3) is 0.182. The number of phenols is 1. The van der Waals surface area contributed by atoms with Gasteiger partial charge in [0.15, 0.2) is 0 Å². The Hall–Kier alpha value is -3.36. The lowest BCUT2D eigenvalue weighted by Crippen LogP contribution is -2.31. The Morgan fingerprint density at radius 3 is 2.68 bits per heavy atom. The van der Waals surface area contributed by atoms with Crippen molar-refractivity contribution in [3.8, 4) is 17.0 Å². The number of aliphatic hydroxyl groups excluding tert-OH is 1. The molecule has 1 unspecified atom stereocenters. The molecule has 7 nitrogen and oxygen atoms in total. The molecule has 0 aliphatic carbocycles. The second-order valence-electron chi connectivity index (χ2n) is 6.98. The van der Waals surface area contributed by atoms with E-state index in [1.807, 2.05) is 0 Å². The van der Waals surface area contributed by atoms with Crippen molar-refractivity contribution in [2.24, 2.45) is 0 Å². The van der Waals surface area contributed by atoms with Crippen molar-refractivity contribution >= 4 is 34.7 Å². The summed E-state index contributed by atoms with van der Waals surface area (Å²) in [4.78, 5) is 16.4. The number of aromatic nitrogens is 1. The Morgan fingerprint density at radius 1 is 1.23 bits per heavy atom. The zero-order chi connectivity index (χ0) is 22.5. The van der Waals surface area contributed by atoms with Crippen LogP contribution in [-0.4, -0.2) is 33.8 Å². The molecule has 9 heteroatoms. The first-order valence-electron chi connectivity index (χ1n) is 9.46. The number of phenolic OH excluding ortho intramolecular Hbond substituents is 1. The molecule has 31 heavy (non-hydrogen) atoms. The van der Waals surface area contributed by atoms with Gasteiger partial charge < -0.3 is 26.6 Å². The molecule has 0 fully saturated rings. The summed E-state index contributed by atoms with van der Waals surface area (Å²) in [6, 6.07) is 12.7. The van der Waals surface area contributed by atoms with Crippen LogP contribution in [0.1, 0.15) is 22.8 Å². The predicted molar refractivity (Wildman–Crippen MR) is 119 cm³/mol. The van der Waals surface area contributed by atoms with Crippen molar-refractivity contribution in [1.82, 2.24) is 10.3 Å². The van der Waals surface area contributed by atoms with E-state index in [-0.39, 0.29) is 23.7 Å². The molecular weight excluding hydrogens is 423 g/mol. The normalized spacial score (nSPS) is 11.7. The van der Waals surface area contributed by atoms with Crippen LogP contribution in [0.2, 0.25) is 5.02 Å². The Morgan fingerprint density at radius 2 is 2.00 bits per heavy atom. The smallest absolute Gasteiger partial charge is 0.255 e. The van der Waals surface area contributed by atoms with Gasteiger partial charge in [-0.3, -0.25) is 4.79 Å². The minimum Gasteiger partial charge on any atom is -0.507 e. The molecule has 1 heterocycles. The van der Waals surface area contributed by atoms with E-state index < -0.39 is 18.7 Å². The average molecular weight is 445 g/mol. The van der Waals surface area contributed by atoms with E-state index in [4.69, 9.17) is 17.3 Å². The third kappa shape index (κ3) is 5.42. The van der Waals surface area contributed by atoms with Crippen LogP contribution in [0.5, 0.6) is 5.75 Å². The lowest BCUT2D eigenvalue weighted by atomic mass is 10.1. The number of halogens is 2. The SMILES string of the molecule is CC(O)CNC(=O)c1ccc(-c2cc(Nc3ccc(Cl)cc3CF)ccc2O)nc1N. The third-order valence-corrected chi connectivity index (χ3v) is 4.73. The number of aromatic hydroxyl groups is 1. The molecule has 162 valence electrons. The highest BCUT2D eigenvalue weighted by Gasteiger charge is 2.15. The monoisotopic (exact) mass is 444 g/mol. The van der Waals surface area contributed by atoms with Gasteiger partial charge in [-0.05, 0) is 55.5 Å². The fourth-order valence-electron chi connectivity index (χ4n) is 2.92. The van der Waals surface area contributed by atoms with Gasteiger partial charge in [-0.2, -0.15) is 0 Å². The molecule has 1 amide bonds. The van der Waals surface area contributed by atoms with Crippen LogP contribution < -0.4 is 16.4 Å². The maximum Gasteiger partial charge on any atom is 0.255 e. The van der Waals surface area contributed by atoms with Crippen molar-refractivity contribution < 1.29 is 19.4 Å². The molecule has 1 aromatic heterocycles. The molecule has 2 aromatic carbocycles. The maximum absolute atomic E-state index is 13.3. The quantitative estimate of drug-likeness (QED) is 0.351. The highest BCUT2D eigenvalue weighted by atomic mass is 35.5. The van der Waals surface area contributed by atoms with Crippen LogP contribution in [-0.2, 0) is 6.67 Å². The van der Waals surface area contributed by atoms with Gasteiger partial charge in [0.2, 0.25) is 0 Å². The van der Waals surface area contributed by atoms with E-state index in [2.05, 4.69) is 15.6 Å². The molecule has 0 spiro atoms. The number of rotatable bonds is 7. The van der Waals surface area contributed by atoms with Gasteiger partial charge in [0.1, 0.15) is 18.2 Å². The number of amides is 1. The second-order valence-corrected chi connectivity index (χ2v) is 7.42. The fourth-order valence-corrected chi connectivity index (χ4v) is 3.12. The zero-order valence-corrected chi connectivity index (χ0v) is 17.4.